The van der Waals surface area contributed by atoms with Crippen molar-refractivity contribution in [3.63, 3.8) is 0 Å². The number of nitrogens with two attached hydrogens (primary N) is 1. The van der Waals surface area contributed by atoms with Crippen molar-refractivity contribution in [2.75, 3.05) is 26.4 Å². The van der Waals surface area contributed by atoms with Crippen molar-refractivity contribution in [2.24, 2.45) is 5.73 Å². The number of unbranched alkanes of at least 4 members (excludes halogenated alkanes) is 39. The van der Waals surface area contributed by atoms with Gasteiger partial charge in [-0.15, -0.1) is 0 Å². The molecule has 0 bridgehead atoms. The van der Waals surface area contributed by atoms with Crippen LogP contribution in [0.15, 0.2) is 24.3 Å². The van der Waals surface area contributed by atoms with Crippen molar-refractivity contribution in [1.29, 1.82) is 0 Å². The molecular weight excluding hydrogens is 870 g/mol. The number of esters is 2. The summed E-state index contributed by atoms with van der Waals surface area (Å²) < 4.78 is 33.0. The molecule has 3 N–H and O–H groups in total. The fourth-order valence-electron chi connectivity index (χ4n) is 8.73. The first-order valence-corrected chi connectivity index (χ1v) is 30.8. The van der Waals surface area contributed by atoms with Crippen LogP contribution < -0.4 is 5.73 Å². The summed E-state index contributed by atoms with van der Waals surface area (Å²) >= 11 is 0. The average Bonchev–Trinajstić information content (AvgIpc) is 3.33. The average molecular weight is 983 g/mol. The van der Waals surface area contributed by atoms with Crippen LogP contribution in [-0.4, -0.2) is 49.3 Å². The standard InChI is InChI=1S/C58H112NO8P/c1-3-5-7-9-11-13-15-17-19-21-22-23-24-25-26-27-28-29-30-31-32-33-34-35-37-38-40-42-44-46-48-50-57(60)64-54-56(55-66-68(62,63)65-53-52-59)67-58(61)51-49-47-45-43-41-39-36-20-18-16-14-12-10-8-6-4-2/h14,16,20,36,56H,3-13,15,17-19,21-35,37-55,59H2,1-2H3,(H,62,63)/b16-14-,36-20-. The maximum Gasteiger partial charge on any atom is 0.472 e. The molecule has 2 unspecified atom stereocenters. The van der Waals surface area contributed by atoms with Gasteiger partial charge in [-0.2, -0.15) is 0 Å². The van der Waals surface area contributed by atoms with Crippen molar-refractivity contribution in [3.8, 4) is 0 Å². The Kier molecular flexibility index (Phi) is 53.6. The van der Waals surface area contributed by atoms with Crippen LogP contribution in [0.4, 0.5) is 0 Å². The predicted octanol–water partition coefficient (Wildman–Crippen LogP) is 18.2. The minimum Gasteiger partial charge on any atom is -0.462 e. The van der Waals surface area contributed by atoms with E-state index in [0.29, 0.717) is 6.42 Å². The number of ether oxygens (including phenoxy) is 2. The van der Waals surface area contributed by atoms with E-state index in [0.717, 1.165) is 57.8 Å². The highest BCUT2D eigenvalue weighted by Crippen LogP contribution is 2.43. The van der Waals surface area contributed by atoms with Gasteiger partial charge in [-0.1, -0.05) is 269 Å². The van der Waals surface area contributed by atoms with Crippen molar-refractivity contribution in [2.45, 2.75) is 309 Å². The van der Waals surface area contributed by atoms with Crippen LogP contribution in [-0.2, 0) is 32.7 Å². The number of phosphoric acid groups is 1. The highest BCUT2D eigenvalue weighted by Gasteiger charge is 2.26. The van der Waals surface area contributed by atoms with Gasteiger partial charge in [0.25, 0.3) is 0 Å². The van der Waals surface area contributed by atoms with E-state index in [2.05, 4.69) is 38.2 Å². The number of hydrogen-bond donors (Lipinski definition) is 2. The molecular formula is C58H112NO8P. The zero-order chi connectivity index (χ0) is 49.5. The Bertz CT molecular complexity index is 1170. The molecule has 0 aromatic rings. The first kappa shape index (κ1) is 66.5. The molecule has 0 heterocycles. The van der Waals surface area contributed by atoms with Crippen LogP contribution in [0.2, 0.25) is 0 Å². The lowest BCUT2D eigenvalue weighted by Gasteiger charge is -2.19. The molecule has 0 rings (SSSR count). The van der Waals surface area contributed by atoms with Crippen LogP contribution in [0, 0.1) is 0 Å². The van der Waals surface area contributed by atoms with Crippen LogP contribution in [0.3, 0.4) is 0 Å². The first-order valence-electron chi connectivity index (χ1n) is 29.3. The highest BCUT2D eigenvalue weighted by molar-refractivity contribution is 7.47. The van der Waals surface area contributed by atoms with Crippen molar-refractivity contribution < 1.29 is 37.6 Å². The lowest BCUT2D eigenvalue weighted by atomic mass is 10.0. The number of carbonyl (C=O) groups excluding carboxylic acids is 2. The van der Waals surface area contributed by atoms with E-state index >= 15 is 0 Å². The van der Waals surface area contributed by atoms with Gasteiger partial charge in [0.2, 0.25) is 0 Å². The molecule has 0 aromatic carbocycles. The summed E-state index contributed by atoms with van der Waals surface area (Å²) in [5, 5.41) is 0. The first-order chi connectivity index (χ1) is 33.3. The summed E-state index contributed by atoms with van der Waals surface area (Å²) in [6, 6.07) is 0. The van der Waals surface area contributed by atoms with Gasteiger partial charge < -0.3 is 20.1 Å². The Labute approximate surface area is 421 Å². The smallest absolute Gasteiger partial charge is 0.462 e. The molecule has 0 saturated heterocycles. The summed E-state index contributed by atoms with van der Waals surface area (Å²) in [6.07, 6.45) is 64.0. The van der Waals surface area contributed by atoms with E-state index in [1.54, 1.807) is 0 Å². The Morgan fingerprint density at radius 2 is 0.765 bits per heavy atom. The van der Waals surface area contributed by atoms with Crippen molar-refractivity contribution >= 4 is 19.8 Å². The molecule has 2 atom stereocenters. The van der Waals surface area contributed by atoms with E-state index in [9.17, 15) is 19.0 Å². The SMILES string of the molecule is CCCCCC/C=C\C/C=C\CCCCCCCC(=O)OC(COC(=O)CCCCCCCCCCCCCCCCCCCCCCCCCCCCCCCCC)COP(=O)(O)OCCN. The second-order valence-electron chi connectivity index (χ2n) is 19.9. The Morgan fingerprint density at radius 1 is 0.441 bits per heavy atom. The highest BCUT2D eigenvalue weighted by atomic mass is 31.2. The Balaban J connectivity index is 3.84. The second kappa shape index (κ2) is 54.8. The van der Waals surface area contributed by atoms with Gasteiger partial charge in [0.1, 0.15) is 6.61 Å². The van der Waals surface area contributed by atoms with E-state index in [1.165, 1.54) is 212 Å². The molecule has 0 aliphatic heterocycles. The van der Waals surface area contributed by atoms with E-state index in [4.69, 9.17) is 24.3 Å². The topological polar surface area (TPSA) is 134 Å². The minimum absolute atomic E-state index is 0.0528. The van der Waals surface area contributed by atoms with Gasteiger partial charge >= 0.3 is 19.8 Å². The number of phosphoric ester groups is 1. The molecule has 0 aliphatic carbocycles. The summed E-state index contributed by atoms with van der Waals surface area (Å²) in [4.78, 5) is 35.1. The molecule has 0 aliphatic rings. The van der Waals surface area contributed by atoms with Crippen LogP contribution in [0.5, 0.6) is 0 Å². The third-order valence-corrected chi connectivity index (χ3v) is 14.1. The number of rotatable bonds is 56. The van der Waals surface area contributed by atoms with Gasteiger partial charge in [0.05, 0.1) is 13.2 Å². The molecule has 10 heteroatoms. The molecule has 68 heavy (non-hydrogen) atoms. The van der Waals surface area contributed by atoms with Gasteiger partial charge in [-0.3, -0.25) is 18.6 Å². The number of hydrogen-bond acceptors (Lipinski definition) is 8. The van der Waals surface area contributed by atoms with Crippen molar-refractivity contribution in [3.05, 3.63) is 24.3 Å². The van der Waals surface area contributed by atoms with Gasteiger partial charge in [-0.25, -0.2) is 4.57 Å². The molecule has 0 aromatic heterocycles. The lowest BCUT2D eigenvalue weighted by molar-refractivity contribution is -0.161. The van der Waals surface area contributed by atoms with E-state index in [1.807, 2.05) is 0 Å². The fourth-order valence-corrected chi connectivity index (χ4v) is 9.49. The van der Waals surface area contributed by atoms with Crippen LogP contribution >= 0.6 is 7.82 Å². The van der Waals surface area contributed by atoms with E-state index in [-0.39, 0.29) is 38.6 Å². The predicted molar refractivity (Wildman–Crippen MR) is 289 cm³/mol. The normalized spacial score (nSPS) is 13.2. The maximum absolute atomic E-state index is 12.6. The largest absolute Gasteiger partial charge is 0.472 e. The maximum atomic E-state index is 12.6. The van der Waals surface area contributed by atoms with E-state index < -0.39 is 26.5 Å². The molecule has 0 spiro atoms. The monoisotopic (exact) mass is 982 g/mol. The number of carbonyl (C=O) groups is 2. The third-order valence-electron chi connectivity index (χ3n) is 13.1. The Hall–Kier alpha value is -1.51. The molecule has 0 saturated carbocycles. The molecule has 9 nitrogen and oxygen atoms in total. The minimum atomic E-state index is -4.39. The molecule has 0 fully saturated rings. The quantitative estimate of drug-likeness (QED) is 0.0264. The summed E-state index contributed by atoms with van der Waals surface area (Å²) in [5.41, 5.74) is 5.37. The molecule has 0 amide bonds. The summed E-state index contributed by atoms with van der Waals surface area (Å²) in [5.74, 6) is -0.829. The van der Waals surface area contributed by atoms with Gasteiger partial charge in [-0.05, 0) is 44.9 Å². The molecule has 0 radical (unpaired) electrons. The zero-order valence-corrected chi connectivity index (χ0v) is 45.8. The summed E-state index contributed by atoms with van der Waals surface area (Å²) in [6.45, 7) is 3.76. The second-order valence-corrected chi connectivity index (χ2v) is 21.3. The summed E-state index contributed by atoms with van der Waals surface area (Å²) in [7, 11) is -4.39. The Morgan fingerprint density at radius 3 is 1.13 bits per heavy atom. The zero-order valence-electron chi connectivity index (χ0n) is 44.9. The van der Waals surface area contributed by atoms with Gasteiger partial charge in [0.15, 0.2) is 6.10 Å². The fraction of sp³-hybridized carbons (Fsp3) is 0.897. The van der Waals surface area contributed by atoms with Crippen molar-refractivity contribution in [1.82, 2.24) is 0 Å². The molecule has 402 valence electrons. The van der Waals surface area contributed by atoms with Gasteiger partial charge in [0, 0.05) is 19.4 Å². The lowest BCUT2D eigenvalue weighted by Crippen LogP contribution is -2.29. The number of allylic oxidation sites excluding steroid dienone is 4. The third kappa shape index (κ3) is 53.8. The van der Waals surface area contributed by atoms with Crippen LogP contribution in [0.25, 0.3) is 0 Å². The van der Waals surface area contributed by atoms with Crippen LogP contribution in [0.1, 0.15) is 303 Å².